The molecular formula is C37H36ClN3O4. The molecule has 45 heavy (non-hydrogen) atoms. The minimum absolute atomic E-state index is 0.0698. The first-order valence-corrected chi connectivity index (χ1v) is 15.6. The van der Waals surface area contributed by atoms with Crippen molar-refractivity contribution in [3.8, 4) is 0 Å². The van der Waals surface area contributed by atoms with E-state index in [-0.39, 0.29) is 18.2 Å². The SMILES string of the molecule is Cc1ccc2c(c1)c(CC(=O)NCCCCCCNc1ccc(C=O)c3c(C=O)cccc13)c(C)n2C(=O)c1ccc(Cl)cc1. The lowest BCUT2D eigenvalue weighted by Gasteiger charge is -2.12. The molecule has 0 spiro atoms. The molecule has 7 nitrogen and oxygen atoms in total. The molecule has 0 bridgehead atoms. The third kappa shape index (κ3) is 6.99. The molecule has 0 saturated heterocycles. The van der Waals surface area contributed by atoms with Gasteiger partial charge in [-0.2, -0.15) is 0 Å². The molecule has 4 aromatic carbocycles. The Bertz CT molecular complexity index is 1880. The highest BCUT2D eigenvalue weighted by atomic mass is 35.5. The number of aryl methyl sites for hydroxylation is 1. The van der Waals surface area contributed by atoms with Gasteiger partial charge in [-0.1, -0.05) is 54.3 Å². The minimum atomic E-state index is -0.156. The van der Waals surface area contributed by atoms with Crippen molar-refractivity contribution in [2.24, 2.45) is 0 Å². The fourth-order valence-corrected chi connectivity index (χ4v) is 6.02. The second-order valence-corrected chi connectivity index (χ2v) is 11.7. The van der Waals surface area contributed by atoms with Crippen LogP contribution in [0.3, 0.4) is 0 Å². The molecule has 1 amide bonds. The molecule has 0 unspecified atom stereocenters. The van der Waals surface area contributed by atoms with Crippen LogP contribution in [0, 0.1) is 13.8 Å². The van der Waals surface area contributed by atoms with Crippen LogP contribution in [0.1, 0.15) is 73.6 Å². The van der Waals surface area contributed by atoms with E-state index in [0.29, 0.717) is 33.6 Å². The number of benzene rings is 4. The molecule has 8 heteroatoms. The lowest BCUT2D eigenvalue weighted by Crippen LogP contribution is -2.26. The number of unbranched alkanes of at least 4 members (excludes halogenated alkanes) is 3. The first kappa shape index (κ1) is 31.7. The number of amides is 1. The van der Waals surface area contributed by atoms with Gasteiger partial charge in [0.2, 0.25) is 5.91 Å². The fraction of sp³-hybridized carbons (Fsp3) is 0.243. The minimum Gasteiger partial charge on any atom is -0.385 e. The van der Waals surface area contributed by atoms with Gasteiger partial charge in [-0.05, 0) is 80.8 Å². The van der Waals surface area contributed by atoms with Crippen LogP contribution in [0.4, 0.5) is 5.69 Å². The van der Waals surface area contributed by atoms with Crippen molar-refractivity contribution >= 4 is 63.4 Å². The summed E-state index contributed by atoms with van der Waals surface area (Å²) < 4.78 is 1.69. The van der Waals surface area contributed by atoms with Gasteiger partial charge in [0.15, 0.2) is 12.6 Å². The number of carbonyl (C=O) groups is 4. The van der Waals surface area contributed by atoms with E-state index >= 15 is 0 Å². The van der Waals surface area contributed by atoms with Crippen molar-refractivity contribution < 1.29 is 19.2 Å². The first-order valence-electron chi connectivity index (χ1n) is 15.2. The molecule has 0 aliphatic carbocycles. The van der Waals surface area contributed by atoms with E-state index in [2.05, 4.69) is 10.6 Å². The predicted octanol–water partition coefficient (Wildman–Crippen LogP) is 7.71. The van der Waals surface area contributed by atoms with Crippen molar-refractivity contribution in [3.05, 3.63) is 111 Å². The Kier molecular flexibility index (Phi) is 10.1. The zero-order chi connectivity index (χ0) is 31.9. The van der Waals surface area contributed by atoms with Crippen LogP contribution in [0.2, 0.25) is 5.02 Å². The van der Waals surface area contributed by atoms with Crippen LogP contribution in [0.15, 0.2) is 72.8 Å². The van der Waals surface area contributed by atoms with Gasteiger partial charge < -0.3 is 10.6 Å². The summed E-state index contributed by atoms with van der Waals surface area (Å²) in [6.07, 6.45) is 5.52. The molecular weight excluding hydrogens is 586 g/mol. The topological polar surface area (TPSA) is 97.3 Å². The lowest BCUT2D eigenvalue weighted by molar-refractivity contribution is -0.120. The summed E-state index contributed by atoms with van der Waals surface area (Å²) in [5, 5.41) is 9.50. The molecule has 0 aliphatic heterocycles. The monoisotopic (exact) mass is 621 g/mol. The molecule has 0 radical (unpaired) electrons. The van der Waals surface area contributed by atoms with Gasteiger partial charge in [0, 0.05) is 62.3 Å². The van der Waals surface area contributed by atoms with E-state index in [1.54, 1.807) is 41.0 Å². The summed E-state index contributed by atoms with van der Waals surface area (Å²) in [5.41, 5.74) is 5.89. The number of aldehydes is 2. The quantitative estimate of drug-likeness (QED) is 0.104. The Labute approximate surface area is 267 Å². The predicted molar refractivity (Wildman–Crippen MR) is 181 cm³/mol. The molecule has 0 fully saturated rings. The maximum absolute atomic E-state index is 13.5. The average molecular weight is 622 g/mol. The van der Waals surface area contributed by atoms with Gasteiger partial charge in [-0.25, -0.2) is 0 Å². The third-order valence-electron chi connectivity index (χ3n) is 8.22. The van der Waals surface area contributed by atoms with Crippen LogP contribution >= 0.6 is 11.6 Å². The number of halogens is 1. The summed E-state index contributed by atoms with van der Waals surface area (Å²) in [7, 11) is 0. The van der Waals surface area contributed by atoms with E-state index < -0.39 is 0 Å². The number of hydrogen-bond acceptors (Lipinski definition) is 5. The molecule has 230 valence electrons. The summed E-state index contributed by atoms with van der Waals surface area (Å²) in [4.78, 5) is 49.5. The summed E-state index contributed by atoms with van der Waals surface area (Å²) >= 11 is 6.03. The molecule has 1 aromatic heterocycles. The van der Waals surface area contributed by atoms with Gasteiger partial charge >= 0.3 is 0 Å². The van der Waals surface area contributed by atoms with E-state index in [1.807, 2.05) is 50.2 Å². The Morgan fingerprint density at radius 2 is 1.51 bits per heavy atom. The molecule has 0 atom stereocenters. The Morgan fingerprint density at radius 1 is 0.800 bits per heavy atom. The van der Waals surface area contributed by atoms with Gasteiger partial charge in [0.05, 0.1) is 11.9 Å². The number of rotatable bonds is 13. The van der Waals surface area contributed by atoms with Gasteiger partial charge in [-0.3, -0.25) is 23.7 Å². The van der Waals surface area contributed by atoms with E-state index in [0.717, 1.165) is 83.6 Å². The van der Waals surface area contributed by atoms with E-state index in [1.165, 1.54) is 0 Å². The van der Waals surface area contributed by atoms with E-state index in [9.17, 15) is 19.2 Å². The largest absolute Gasteiger partial charge is 0.385 e. The van der Waals surface area contributed by atoms with Crippen LogP contribution in [0.5, 0.6) is 0 Å². The van der Waals surface area contributed by atoms with Crippen molar-refractivity contribution in [2.45, 2.75) is 46.0 Å². The highest BCUT2D eigenvalue weighted by Gasteiger charge is 2.21. The van der Waals surface area contributed by atoms with Crippen LogP contribution in [0.25, 0.3) is 21.7 Å². The van der Waals surface area contributed by atoms with E-state index in [4.69, 9.17) is 11.6 Å². The number of anilines is 1. The Balaban J connectivity index is 1.12. The smallest absolute Gasteiger partial charge is 0.262 e. The van der Waals surface area contributed by atoms with Crippen molar-refractivity contribution in [1.82, 2.24) is 9.88 Å². The number of carbonyl (C=O) groups excluding carboxylic acids is 4. The number of nitrogens with one attached hydrogen (secondary N) is 2. The zero-order valence-corrected chi connectivity index (χ0v) is 26.2. The molecule has 5 rings (SSSR count). The highest BCUT2D eigenvalue weighted by molar-refractivity contribution is 6.30. The van der Waals surface area contributed by atoms with Gasteiger partial charge in [0.25, 0.3) is 5.91 Å². The standard InChI is InChI=1S/C37H36ClN3O4/c1-24-10-17-34-32(20-24)31(25(2)41(34)37(45)26-11-14-29(38)15-12-26)21-35(44)40-19-6-4-3-5-18-39-33-16-13-28(23-43)36-27(22-42)8-7-9-30(33)36/h7-17,20,22-23,39H,3-6,18-19,21H2,1-2H3,(H,40,44). The molecule has 0 aliphatic rings. The second kappa shape index (κ2) is 14.4. The Morgan fingerprint density at radius 3 is 2.24 bits per heavy atom. The number of aromatic nitrogens is 1. The molecule has 1 heterocycles. The number of nitrogens with zero attached hydrogens (tertiary/aromatic N) is 1. The summed E-state index contributed by atoms with van der Waals surface area (Å²) in [6.45, 7) is 5.23. The number of fused-ring (bicyclic) bond motifs is 2. The lowest BCUT2D eigenvalue weighted by atomic mass is 9.99. The number of hydrogen-bond donors (Lipinski definition) is 2. The zero-order valence-electron chi connectivity index (χ0n) is 25.5. The van der Waals surface area contributed by atoms with Crippen LogP contribution in [-0.4, -0.2) is 42.0 Å². The highest BCUT2D eigenvalue weighted by Crippen LogP contribution is 2.30. The molecule has 2 N–H and O–H groups in total. The first-order chi connectivity index (χ1) is 21.8. The van der Waals surface area contributed by atoms with Crippen molar-refractivity contribution in [2.75, 3.05) is 18.4 Å². The van der Waals surface area contributed by atoms with Crippen molar-refractivity contribution in [3.63, 3.8) is 0 Å². The Hall–Kier alpha value is -4.75. The molecule has 5 aromatic rings. The van der Waals surface area contributed by atoms with Crippen LogP contribution in [-0.2, 0) is 11.2 Å². The van der Waals surface area contributed by atoms with Crippen molar-refractivity contribution in [1.29, 1.82) is 0 Å². The maximum Gasteiger partial charge on any atom is 0.262 e. The normalized spacial score (nSPS) is 11.1. The molecule has 0 saturated carbocycles. The third-order valence-corrected chi connectivity index (χ3v) is 8.47. The second-order valence-electron chi connectivity index (χ2n) is 11.3. The average Bonchev–Trinajstić information content (AvgIpc) is 3.31. The fourth-order valence-electron chi connectivity index (χ4n) is 5.89. The summed E-state index contributed by atoms with van der Waals surface area (Å²) in [6, 6.07) is 21.8. The summed E-state index contributed by atoms with van der Waals surface area (Å²) in [5.74, 6) is -0.226. The van der Waals surface area contributed by atoms with Gasteiger partial charge in [-0.15, -0.1) is 0 Å². The van der Waals surface area contributed by atoms with Gasteiger partial charge in [0.1, 0.15) is 0 Å². The maximum atomic E-state index is 13.5. The van der Waals surface area contributed by atoms with Crippen LogP contribution < -0.4 is 10.6 Å².